The minimum Gasteiger partial charge on any atom is -0.379 e. The summed E-state index contributed by atoms with van der Waals surface area (Å²) in [7, 11) is 0. The van der Waals surface area contributed by atoms with E-state index in [9.17, 15) is 4.79 Å². The van der Waals surface area contributed by atoms with E-state index in [1.54, 1.807) is 11.3 Å². The van der Waals surface area contributed by atoms with Crippen LogP contribution in [0.3, 0.4) is 0 Å². The first-order chi connectivity index (χ1) is 11.6. The molecule has 1 amide bonds. The Kier molecular flexibility index (Phi) is 5.65. The van der Waals surface area contributed by atoms with Gasteiger partial charge in [0.05, 0.1) is 31.4 Å². The summed E-state index contributed by atoms with van der Waals surface area (Å²) in [6.07, 6.45) is 0.994. The number of ether oxygens (including phenoxy) is 2. The van der Waals surface area contributed by atoms with Gasteiger partial charge in [-0.05, 0) is 31.7 Å². The van der Waals surface area contributed by atoms with Crippen molar-refractivity contribution in [2.45, 2.75) is 45.4 Å². The van der Waals surface area contributed by atoms with Gasteiger partial charge in [-0.1, -0.05) is 11.2 Å². The van der Waals surface area contributed by atoms with Gasteiger partial charge in [0.1, 0.15) is 11.9 Å². The van der Waals surface area contributed by atoms with Crippen LogP contribution in [0.5, 0.6) is 0 Å². The zero-order valence-electron chi connectivity index (χ0n) is 13.9. The zero-order chi connectivity index (χ0) is 16.9. The second kappa shape index (κ2) is 7.92. The molecule has 0 saturated carbocycles. The van der Waals surface area contributed by atoms with E-state index in [-0.39, 0.29) is 18.1 Å². The predicted octanol–water partition coefficient (Wildman–Crippen LogP) is 2.39. The number of nitrogens with zero attached hydrogens (tertiary/aromatic N) is 1. The number of nitrogens with one attached hydrogen (secondary N) is 1. The minimum absolute atomic E-state index is 0.0234. The SMILES string of the molecule is Cc1noc(C)c1CO[C@@H]1COCC[C@H]1NC(=O)Cc1cccs1. The molecule has 0 radical (unpaired) electrons. The minimum atomic E-state index is -0.167. The maximum absolute atomic E-state index is 12.2. The van der Waals surface area contributed by atoms with Crippen LogP contribution < -0.4 is 5.32 Å². The molecule has 2 aromatic rings. The van der Waals surface area contributed by atoms with E-state index >= 15 is 0 Å². The lowest BCUT2D eigenvalue weighted by Crippen LogP contribution is -2.50. The average Bonchev–Trinajstić information content (AvgIpc) is 3.17. The first kappa shape index (κ1) is 17.1. The van der Waals surface area contributed by atoms with Crippen molar-refractivity contribution in [1.29, 1.82) is 0 Å². The van der Waals surface area contributed by atoms with Crippen molar-refractivity contribution in [2.75, 3.05) is 13.2 Å². The molecule has 1 aliphatic rings. The average molecular weight is 350 g/mol. The second-order valence-corrected chi connectivity index (χ2v) is 6.98. The Hall–Kier alpha value is -1.70. The largest absolute Gasteiger partial charge is 0.379 e. The lowest BCUT2D eigenvalue weighted by atomic mass is 10.1. The molecule has 0 bridgehead atoms. The van der Waals surface area contributed by atoms with Gasteiger partial charge in [0.15, 0.2) is 0 Å². The van der Waals surface area contributed by atoms with Gasteiger partial charge < -0.3 is 19.3 Å². The maximum Gasteiger partial charge on any atom is 0.225 e. The van der Waals surface area contributed by atoms with Crippen molar-refractivity contribution in [3.8, 4) is 0 Å². The van der Waals surface area contributed by atoms with Crippen LogP contribution in [0.25, 0.3) is 0 Å². The first-order valence-electron chi connectivity index (χ1n) is 8.06. The molecule has 24 heavy (non-hydrogen) atoms. The van der Waals surface area contributed by atoms with Crippen LogP contribution in [-0.4, -0.2) is 36.4 Å². The smallest absolute Gasteiger partial charge is 0.225 e. The number of hydrogen-bond acceptors (Lipinski definition) is 6. The summed E-state index contributed by atoms with van der Waals surface area (Å²) in [5.74, 6) is 0.790. The fraction of sp³-hybridized carbons (Fsp3) is 0.529. The summed E-state index contributed by atoms with van der Waals surface area (Å²) in [4.78, 5) is 13.3. The van der Waals surface area contributed by atoms with E-state index in [1.807, 2.05) is 31.4 Å². The number of aryl methyl sites for hydroxylation is 2. The Bertz CT molecular complexity index is 649. The number of aromatic nitrogens is 1. The van der Waals surface area contributed by atoms with E-state index in [1.165, 1.54) is 0 Å². The predicted molar refractivity (Wildman–Crippen MR) is 89.9 cm³/mol. The van der Waals surface area contributed by atoms with E-state index < -0.39 is 0 Å². The van der Waals surface area contributed by atoms with Gasteiger partial charge in [0.25, 0.3) is 0 Å². The number of thiophene rings is 1. The monoisotopic (exact) mass is 350 g/mol. The van der Waals surface area contributed by atoms with Crippen LogP contribution in [0.1, 0.15) is 28.3 Å². The number of carbonyl (C=O) groups is 1. The highest BCUT2D eigenvalue weighted by atomic mass is 32.1. The number of amides is 1. The maximum atomic E-state index is 12.2. The second-order valence-electron chi connectivity index (χ2n) is 5.95. The molecule has 1 saturated heterocycles. The van der Waals surface area contributed by atoms with Crippen molar-refractivity contribution in [1.82, 2.24) is 10.5 Å². The number of hydrogen-bond donors (Lipinski definition) is 1. The third-order valence-corrected chi connectivity index (χ3v) is 5.06. The molecule has 1 N–H and O–H groups in total. The highest BCUT2D eigenvalue weighted by molar-refractivity contribution is 7.10. The Morgan fingerprint density at radius 2 is 2.38 bits per heavy atom. The van der Waals surface area contributed by atoms with Gasteiger partial charge >= 0.3 is 0 Å². The third kappa shape index (κ3) is 4.23. The zero-order valence-corrected chi connectivity index (χ0v) is 14.7. The van der Waals surface area contributed by atoms with Gasteiger partial charge in [-0.2, -0.15) is 0 Å². The van der Waals surface area contributed by atoms with Crippen molar-refractivity contribution in [2.24, 2.45) is 0 Å². The molecular formula is C17H22N2O4S. The first-order valence-corrected chi connectivity index (χ1v) is 8.94. The molecule has 3 rings (SSSR count). The van der Waals surface area contributed by atoms with Crippen LogP contribution in [0.2, 0.25) is 0 Å². The lowest BCUT2D eigenvalue weighted by Gasteiger charge is -2.32. The highest BCUT2D eigenvalue weighted by Crippen LogP contribution is 2.18. The van der Waals surface area contributed by atoms with Crippen molar-refractivity contribution < 1.29 is 18.8 Å². The van der Waals surface area contributed by atoms with Crippen LogP contribution in [0.4, 0.5) is 0 Å². The van der Waals surface area contributed by atoms with E-state index in [0.717, 1.165) is 28.3 Å². The molecule has 7 heteroatoms. The Balaban J connectivity index is 1.56. The standard InChI is InChI=1S/C17H22N2O4S/c1-11-14(12(2)23-19-11)9-22-16-10-21-6-5-15(16)18-17(20)8-13-4-3-7-24-13/h3-4,7,15-16H,5-6,8-10H2,1-2H3,(H,18,20)/t15-,16-/m1/s1. The molecule has 0 aliphatic carbocycles. The number of rotatable bonds is 6. The van der Waals surface area contributed by atoms with Crippen molar-refractivity contribution in [3.63, 3.8) is 0 Å². The Labute approximate surface area is 145 Å². The molecule has 0 unspecified atom stereocenters. The summed E-state index contributed by atoms with van der Waals surface area (Å²) in [5, 5.41) is 9.00. The summed E-state index contributed by atoms with van der Waals surface area (Å²) >= 11 is 1.59. The van der Waals surface area contributed by atoms with Gasteiger partial charge in [-0.3, -0.25) is 4.79 Å². The molecule has 130 valence electrons. The van der Waals surface area contributed by atoms with Crippen LogP contribution >= 0.6 is 11.3 Å². The molecule has 1 aliphatic heterocycles. The molecular weight excluding hydrogens is 328 g/mol. The molecule has 2 atom stereocenters. The Morgan fingerprint density at radius 1 is 1.50 bits per heavy atom. The summed E-state index contributed by atoms with van der Waals surface area (Å²) in [6.45, 7) is 5.29. The van der Waals surface area contributed by atoms with E-state index in [2.05, 4.69) is 10.5 Å². The van der Waals surface area contributed by atoms with Crippen molar-refractivity contribution in [3.05, 3.63) is 39.4 Å². The van der Waals surface area contributed by atoms with Gasteiger partial charge in [-0.15, -0.1) is 11.3 Å². The molecule has 2 aromatic heterocycles. The molecule has 1 fully saturated rings. The van der Waals surface area contributed by atoms with Crippen molar-refractivity contribution >= 4 is 17.2 Å². The van der Waals surface area contributed by atoms with Gasteiger partial charge in [-0.25, -0.2) is 0 Å². The number of carbonyl (C=O) groups excluding carboxylic acids is 1. The molecule has 6 nitrogen and oxygen atoms in total. The van der Waals surface area contributed by atoms with Crippen LogP contribution in [-0.2, 0) is 27.3 Å². The van der Waals surface area contributed by atoms with Crippen LogP contribution in [0, 0.1) is 13.8 Å². The fourth-order valence-corrected chi connectivity index (χ4v) is 3.47. The van der Waals surface area contributed by atoms with Gasteiger partial charge in [0, 0.05) is 17.0 Å². The van der Waals surface area contributed by atoms with E-state index in [0.29, 0.717) is 26.2 Å². The topological polar surface area (TPSA) is 73.6 Å². The normalized spacial score (nSPS) is 20.9. The third-order valence-electron chi connectivity index (χ3n) is 4.19. The highest BCUT2D eigenvalue weighted by Gasteiger charge is 2.28. The van der Waals surface area contributed by atoms with Gasteiger partial charge in [0.2, 0.25) is 5.91 Å². The summed E-state index contributed by atoms with van der Waals surface area (Å²) in [6, 6.07) is 3.89. The Morgan fingerprint density at radius 3 is 3.08 bits per heavy atom. The van der Waals surface area contributed by atoms with Crippen LogP contribution in [0.15, 0.2) is 22.0 Å². The fourth-order valence-electron chi connectivity index (χ4n) is 2.77. The summed E-state index contributed by atoms with van der Waals surface area (Å²) < 4.78 is 16.7. The van der Waals surface area contributed by atoms with E-state index in [4.69, 9.17) is 14.0 Å². The molecule has 3 heterocycles. The lowest BCUT2D eigenvalue weighted by molar-refractivity contribution is -0.126. The molecule has 0 spiro atoms. The molecule has 0 aromatic carbocycles. The quantitative estimate of drug-likeness (QED) is 0.866. The summed E-state index contributed by atoms with van der Waals surface area (Å²) in [5.41, 5.74) is 1.80.